The van der Waals surface area contributed by atoms with Crippen molar-refractivity contribution in [2.75, 3.05) is 0 Å². The van der Waals surface area contributed by atoms with Crippen molar-refractivity contribution in [3.05, 3.63) is 45.6 Å². The van der Waals surface area contributed by atoms with Gasteiger partial charge in [0.05, 0.1) is 11.1 Å². The number of carbonyl (C=O) groups is 1. The maximum Gasteiger partial charge on any atom is 0.396 e. The quantitative estimate of drug-likeness (QED) is 0.562. The van der Waals surface area contributed by atoms with Crippen LogP contribution in [0.25, 0.3) is 5.65 Å². The number of alkyl halides is 3. The summed E-state index contributed by atoms with van der Waals surface area (Å²) in [5.41, 5.74) is -0.0245. The fourth-order valence-electron chi connectivity index (χ4n) is 2.38. The number of hydrogen-bond donors (Lipinski definition) is 1. The van der Waals surface area contributed by atoms with E-state index in [0.717, 1.165) is 0 Å². The normalized spacial score (nSPS) is 12.0. The minimum Gasteiger partial charge on any atom is -0.475 e. The number of pyridine rings is 1. The zero-order chi connectivity index (χ0) is 17.5. The molecule has 3 aromatic rings. The topological polar surface area (TPSA) is 58.5 Å². The molecule has 3 aromatic heterocycles. The highest BCUT2D eigenvalue weighted by molar-refractivity contribution is 7.15. The van der Waals surface area contributed by atoms with Crippen LogP contribution in [0.1, 0.15) is 21.8 Å². The molecule has 0 aliphatic heterocycles. The second kappa shape index (κ2) is 6.06. The van der Waals surface area contributed by atoms with E-state index in [0.29, 0.717) is 15.0 Å². The number of nitrogens with zero attached hydrogens (tertiary/aromatic N) is 3. The molecule has 0 atom stereocenters. The van der Waals surface area contributed by atoms with Crippen LogP contribution in [-0.4, -0.2) is 26.5 Å². The average Bonchev–Trinajstić information content (AvgIpc) is 3.00. The van der Waals surface area contributed by atoms with E-state index >= 15 is 0 Å². The summed E-state index contributed by atoms with van der Waals surface area (Å²) < 4.78 is 40.5. The molecule has 0 aliphatic carbocycles. The van der Waals surface area contributed by atoms with E-state index in [9.17, 15) is 23.1 Å². The predicted octanol–water partition coefficient (Wildman–Crippen LogP) is 3.23. The molecule has 0 spiro atoms. The minimum atomic E-state index is -4.65. The molecule has 0 radical (unpaired) electrons. The third kappa shape index (κ3) is 3.22. The lowest BCUT2D eigenvalue weighted by molar-refractivity contribution is -0.667. The molecule has 0 bridgehead atoms. The number of aromatic nitrogens is 3. The molecular weight excluding hydrogens is 367 g/mol. The summed E-state index contributed by atoms with van der Waals surface area (Å²) in [7, 11) is 0. The third-order valence-corrected chi connectivity index (χ3v) is 4.39. The fourth-order valence-corrected chi connectivity index (χ4v) is 3.35. The first-order valence-corrected chi connectivity index (χ1v) is 7.88. The lowest BCUT2D eigenvalue weighted by Crippen LogP contribution is -2.33. The molecule has 0 saturated heterocycles. The molecule has 0 aromatic carbocycles. The predicted molar refractivity (Wildman–Crippen MR) is 80.5 cm³/mol. The van der Waals surface area contributed by atoms with Gasteiger partial charge in [0, 0.05) is 12.3 Å². The van der Waals surface area contributed by atoms with Crippen LogP contribution < -0.4 is 4.57 Å². The van der Waals surface area contributed by atoms with Crippen LogP contribution in [0.2, 0.25) is 4.47 Å². The number of carbonyl (C=O) groups excluding carboxylic acids is 1. The summed E-state index contributed by atoms with van der Waals surface area (Å²) in [6.45, 7) is 0.128. The molecule has 126 valence electrons. The van der Waals surface area contributed by atoms with Crippen LogP contribution in [0.15, 0.2) is 30.6 Å². The molecule has 0 amide bonds. The number of fused-ring (bicyclic) bond motifs is 1. The molecule has 1 N–H and O–H groups in total. The van der Waals surface area contributed by atoms with E-state index in [1.165, 1.54) is 32.7 Å². The standard InChI is InChI=1S/C14H9ClF3N3O2S/c15-13-19-6-8(24-13)7-21-10-3-1-2-4-20(10)11(12(21)23)9(22)5-14(16,17)18/h1-4,6H,5,7H2/p+1. The Morgan fingerprint density at radius 3 is 2.79 bits per heavy atom. The summed E-state index contributed by atoms with van der Waals surface area (Å²) in [5, 5.41) is 10.4. The van der Waals surface area contributed by atoms with Gasteiger partial charge in [0.2, 0.25) is 5.78 Å². The number of Topliss-reactive ketones (excluding diaryl/α,β-unsaturated/α-hetero) is 1. The first kappa shape index (κ1) is 16.7. The van der Waals surface area contributed by atoms with Gasteiger partial charge >= 0.3 is 12.1 Å². The second-order valence-electron chi connectivity index (χ2n) is 4.98. The molecule has 0 saturated carbocycles. The van der Waals surface area contributed by atoms with E-state index in [2.05, 4.69) is 4.98 Å². The van der Waals surface area contributed by atoms with E-state index in [1.54, 1.807) is 18.2 Å². The number of ketones is 1. The Balaban J connectivity index is 2.10. The van der Waals surface area contributed by atoms with Gasteiger partial charge in [-0.3, -0.25) is 4.79 Å². The Labute approximate surface area is 142 Å². The molecule has 3 heterocycles. The van der Waals surface area contributed by atoms with Crippen LogP contribution in [0.4, 0.5) is 13.2 Å². The number of imidazole rings is 1. The summed E-state index contributed by atoms with van der Waals surface area (Å²) in [5.74, 6) is -1.73. The summed E-state index contributed by atoms with van der Waals surface area (Å²) in [6, 6.07) is 4.81. The second-order valence-corrected chi connectivity index (χ2v) is 6.68. The van der Waals surface area contributed by atoms with Crippen LogP contribution in [0.5, 0.6) is 5.88 Å². The average molecular weight is 377 g/mol. The lowest BCUT2D eigenvalue weighted by Gasteiger charge is -2.02. The number of hydrogen-bond acceptors (Lipinski definition) is 4. The van der Waals surface area contributed by atoms with Crippen molar-refractivity contribution < 1.29 is 27.6 Å². The van der Waals surface area contributed by atoms with Crippen LogP contribution in [0.3, 0.4) is 0 Å². The molecule has 0 fully saturated rings. The maximum absolute atomic E-state index is 12.5. The van der Waals surface area contributed by atoms with Gasteiger partial charge in [-0.25, -0.2) is 4.98 Å². The smallest absolute Gasteiger partial charge is 0.396 e. The third-order valence-electron chi connectivity index (χ3n) is 3.29. The van der Waals surface area contributed by atoms with Gasteiger partial charge in [0.15, 0.2) is 4.47 Å². The van der Waals surface area contributed by atoms with Crippen molar-refractivity contribution in [2.45, 2.75) is 19.1 Å². The highest BCUT2D eigenvalue weighted by Crippen LogP contribution is 2.26. The molecule has 24 heavy (non-hydrogen) atoms. The van der Waals surface area contributed by atoms with Gasteiger partial charge in [-0.1, -0.05) is 17.7 Å². The monoisotopic (exact) mass is 376 g/mol. The van der Waals surface area contributed by atoms with Crippen LogP contribution in [0, 0.1) is 0 Å². The maximum atomic E-state index is 12.5. The Hall–Kier alpha value is -2.13. The van der Waals surface area contributed by atoms with E-state index in [4.69, 9.17) is 11.6 Å². The van der Waals surface area contributed by atoms with Crippen LogP contribution >= 0.6 is 22.9 Å². The number of aromatic hydroxyl groups is 1. The van der Waals surface area contributed by atoms with Crippen molar-refractivity contribution in [2.24, 2.45) is 0 Å². The summed E-state index contributed by atoms with van der Waals surface area (Å²) in [6.07, 6.45) is -3.37. The van der Waals surface area contributed by atoms with Gasteiger partial charge in [0.1, 0.15) is 13.0 Å². The van der Waals surface area contributed by atoms with Crippen molar-refractivity contribution in [3.8, 4) is 5.88 Å². The first-order chi connectivity index (χ1) is 11.3. The molecule has 0 unspecified atom stereocenters. The Kier molecular flexibility index (Phi) is 4.22. The van der Waals surface area contributed by atoms with Gasteiger partial charge < -0.3 is 5.11 Å². The van der Waals surface area contributed by atoms with Gasteiger partial charge in [-0.15, -0.1) is 11.3 Å². The highest BCUT2D eigenvalue weighted by atomic mass is 35.5. The van der Waals surface area contributed by atoms with Crippen molar-refractivity contribution in [3.63, 3.8) is 0 Å². The van der Waals surface area contributed by atoms with Gasteiger partial charge in [-0.2, -0.15) is 22.1 Å². The zero-order valence-corrected chi connectivity index (χ0v) is 13.5. The van der Waals surface area contributed by atoms with Crippen molar-refractivity contribution >= 4 is 34.4 Å². The number of halogens is 4. The molecular formula is C14H10ClF3N3O2S+. The number of thiazole rings is 1. The first-order valence-electron chi connectivity index (χ1n) is 6.68. The molecule has 3 rings (SSSR count). The Morgan fingerprint density at radius 1 is 1.42 bits per heavy atom. The van der Waals surface area contributed by atoms with Gasteiger partial charge in [0.25, 0.3) is 11.3 Å². The summed E-state index contributed by atoms with van der Waals surface area (Å²) >= 11 is 6.94. The van der Waals surface area contributed by atoms with Crippen molar-refractivity contribution in [1.82, 2.24) is 9.38 Å². The van der Waals surface area contributed by atoms with Crippen molar-refractivity contribution in [1.29, 1.82) is 0 Å². The molecule has 5 nitrogen and oxygen atoms in total. The van der Waals surface area contributed by atoms with E-state index in [-0.39, 0.29) is 6.54 Å². The largest absolute Gasteiger partial charge is 0.475 e. The van der Waals surface area contributed by atoms with E-state index < -0.39 is 30.0 Å². The molecule has 10 heteroatoms. The van der Waals surface area contributed by atoms with Gasteiger partial charge in [-0.05, 0) is 6.07 Å². The molecule has 0 aliphatic rings. The Bertz CT molecular complexity index is 920. The lowest BCUT2D eigenvalue weighted by atomic mass is 10.2. The van der Waals surface area contributed by atoms with Crippen LogP contribution in [-0.2, 0) is 6.54 Å². The SMILES string of the molecule is O=C(CC(F)(F)F)c1c(O)[n+](Cc2cnc(Cl)s2)c2ccccn12. The fraction of sp³-hybridized carbons (Fsp3) is 0.214. The highest BCUT2D eigenvalue weighted by Gasteiger charge is 2.38. The summed E-state index contributed by atoms with van der Waals surface area (Å²) in [4.78, 5) is 16.6. The van der Waals surface area contributed by atoms with E-state index in [1.807, 2.05) is 0 Å². The number of rotatable bonds is 4. The zero-order valence-electron chi connectivity index (χ0n) is 11.9. The Morgan fingerprint density at radius 2 is 2.17 bits per heavy atom. The minimum absolute atomic E-state index is 0.128.